The SMILES string of the molecule is CCOc1ccc(-c2ccc(C(=O)Oc3ccc(-c4ccc(OC)cc4)c(F)c3F)cc2)c(F)c1F. The van der Waals surface area contributed by atoms with Crippen LogP contribution in [0.15, 0.2) is 72.8 Å². The zero-order chi connectivity index (χ0) is 25.8. The minimum Gasteiger partial charge on any atom is -0.497 e. The zero-order valence-electron chi connectivity index (χ0n) is 19.3. The number of ether oxygens (including phenoxy) is 3. The van der Waals surface area contributed by atoms with E-state index in [-0.39, 0.29) is 29.0 Å². The zero-order valence-corrected chi connectivity index (χ0v) is 19.3. The quantitative estimate of drug-likeness (QED) is 0.154. The van der Waals surface area contributed by atoms with E-state index in [9.17, 15) is 22.4 Å². The molecule has 0 aliphatic rings. The smallest absolute Gasteiger partial charge is 0.343 e. The van der Waals surface area contributed by atoms with Gasteiger partial charge in [0.25, 0.3) is 0 Å². The van der Waals surface area contributed by atoms with Crippen LogP contribution >= 0.6 is 0 Å². The first-order valence-electron chi connectivity index (χ1n) is 10.9. The number of hydrogen-bond acceptors (Lipinski definition) is 4. The van der Waals surface area contributed by atoms with Gasteiger partial charge in [0.15, 0.2) is 23.1 Å². The molecule has 0 aliphatic carbocycles. The Labute approximate surface area is 204 Å². The molecule has 0 atom stereocenters. The van der Waals surface area contributed by atoms with E-state index < -0.39 is 35.0 Å². The number of carbonyl (C=O) groups is 1. The Morgan fingerprint density at radius 3 is 1.69 bits per heavy atom. The lowest BCUT2D eigenvalue weighted by Gasteiger charge is -2.11. The van der Waals surface area contributed by atoms with Gasteiger partial charge in [0, 0.05) is 11.1 Å². The largest absolute Gasteiger partial charge is 0.497 e. The summed E-state index contributed by atoms with van der Waals surface area (Å²) in [5.41, 5.74) is 0.678. The molecule has 184 valence electrons. The van der Waals surface area contributed by atoms with Crippen molar-refractivity contribution in [2.75, 3.05) is 13.7 Å². The summed E-state index contributed by atoms with van der Waals surface area (Å²) in [4.78, 5) is 12.5. The maximum atomic E-state index is 14.7. The van der Waals surface area contributed by atoms with Gasteiger partial charge in [-0.05, 0) is 66.6 Å². The molecule has 0 N–H and O–H groups in total. The third-order valence-corrected chi connectivity index (χ3v) is 5.43. The van der Waals surface area contributed by atoms with Gasteiger partial charge in [-0.1, -0.05) is 24.3 Å². The summed E-state index contributed by atoms with van der Waals surface area (Å²) in [6.07, 6.45) is 0. The van der Waals surface area contributed by atoms with Crippen molar-refractivity contribution in [1.29, 1.82) is 0 Å². The van der Waals surface area contributed by atoms with Crippen molar-refractivity contribution in [2.24, 2.45) is 0 Å². The number of rotatable bonds is 7. The molecule has 0 saturated heterocycles. The molecule has 36 heavy (non-hydrogen) atoms. The second-order valence-corrected chi connectivity index (χ2v) is 7.61. The summed E-state index contributed by atoms with van der Waals surface area (Å²) in [6.45, 7) is 1.83. The molecule has 0 spiro atoms. The number of methoxy groups -OCH3 is 1. The fraction of sp³-hybridized carbons (Fsp3) is 0.107. The van der Waals surface area contributed by atoms with Crippen molar-refractivity contribution in [3.8, 4) is 39.5 Å². The Morgan fingerprint density at radius 1 is 0.667 bits per heavy atom. The van der Waals surface area contributed by atoms with E-state index in [0.29, 0.717) is 16.9 Å². The predicted octanol–water partition coefficient (Wildman–Crippen LogP) is 7.20. The van der Waals surface area contributed by atoms with Crippen LogP contribution in [-0.2, 0) is 0 Å². The monoisotopic (exact) mass is 496 g/mol. The van der Waals surface area contributed by atoms with E-state index in [1.807, 2.05) is 0 Å². The average molecular weight is 496 g/mol. The third kappa shape index (κ3) is 4.88. The summed E-state index contributed by atoms with van der Waals surface area (Å²) >= 11 is 0. The van der Waals surface area contributed by atoms with Crippen LogP contribution in [0.4, 0.5) is 17.6 Å². The van der Waals surface area contributed by atoms with Gasteiger partial charge in [0.1, 0.15) is 5.75 Å². The second kappa shape index (κ2) is 10.5. The first-order chi connectivity index (χ1) is 17.3. The molecule has 0 aromatic heterocycles. The lowest BCUT2D eigenvalue weighted by atomic mass is 10.0. The molecule has 8 heteroatoms. The van der Waals surface area contributed by atoms with E-state index in [4.69, 9.17) is 14.2 Å². The second-order valence-electron chi connectivity index (χ2n) is 7.61. The normalized spacial score (nSPS) is 10.7. The summed E-state index contributed by atoms with van der Waals surface area (Å²) in [6, 6.07) is 16.9. The Bertz CT molecular complexity index is 1400. The van der Waals surface area contributed by atoms with Gasteiger partial charge >= 0.3 is 5.97 Å². The minimum absolute atomic E-state index is 0.00426. The highest BCUT2D eigenvalue weighted by Crippen LogP contribution is 2.32. The molecule has 0 saturated carbocycles. The summed E-state index contributed by atoms with van der Waals surface area (Å²) in [7, 11) is 1.49. The molecular formula is C28H20F4O4. The topological polar surface area (TPSA) is 44.8 Å². The van der Waals surface area contributed by atoms with Gasteiger partial charge in [0.2, 0.25) is 11.6 Å². The van der Waals surface area contributed by atoms with Crippen molar-refractivity contribution < 1.29 is 36.6 Å². The van der Waals surface area contributed by atoms with Crippen LogP contribution in [0.3, 0.4) is 0 Å². The number of benzene rings is 4. The molecule has 0 heterocycles. The van der Waals surface area contributed by atoms with Crippen molar-refractivity contribution in [3.63, 3.8) is 0 Å². The van der Waals surface area contributed by atoms with Gasteiger partial charge < -0.3 is 14.2 Å². The lowest BCUT2D eigenvalue weighted by Crippen LogP contribution is -2.10. The van der Waals surface area contributed by atoms with Crippen LogP contribution in [0.25, 0.3) is 22.3 Å². The van der Waals surface area contributed by atoms with E-state index in [0.717, 1.165) is 6.07 Å². The maximum Gasteiger partial charge on any atom is 0.343 e. The lowest BCUT2D eigenvalue weighted by molar-refractivity contribution is 0.0726. The first-order valence-corrected chi connectivity index (χ1v) is 10.9. The highest BCUT2D eigenvalue weighted by atomic mass is 19.2. The van der Waals surface area contributed by atoms with Gasteiger partial charge in [-0.3, -0.25) is 0 Å². The van der Waals surface area contributed by atoms with Crippen LogP contribution in [-0.4, -0.2) is 19.7 Å². The van der Waals surface area contributed by atoms with Crippen LogP contribution in [0.2, 0.25) is 0 Å². The minimum atomic E-state index is -1.32. The molecule has 4 rings (SSSR count). The molecule has 4 aromatic carbocycles. The van der Waals surface area contributed by atoms with Crippen molar-refractivity contribution in [2.45, 2.75) is 6.92 Å². The van der Waals surface area contributed by atoms with Crippen molar-refractivity contribution in [3.05, 3.63) is 102 Å². The van der Waals surface area contributed by atoms with Gasteiger partial charge in [-0.2, -0.15) is 8.78 Å². The van der Waals surface area contributed by atoms with Crippen molar-refractivity contribution >= 4 is 5.97 Å². The first kappa shape index (κ1) is 24.8. The number of halogens is 4. The van der Waals surface area contributed by atoms with E-state index >= 15 is 0 Å². The van der Waals surface area contributed by atoms with Crippen LogP contribution in [0, 0.1) is 23.3 Å². The summed E-state index contributed by atoms with van der Waals surface area (Å²) < 4.78 is 73.1. The fourth-order valence-electron chi connectivity index (χ4n) is 3.57. The summed E-state index contributed by atoms with van der Waals surface area (Å²) in [5, 5.41) is 0. The molecule has 0 aliphatic heterocycles. The molecule has 4 nitrogen and oxygen atoms in total. The Balaban J connectivity index is 1.53. The van der Waals surface area contributed by atoms with E-state index in [1.165, 1.54) is 49.6 Å². The molecular weight excluding hydrogens is 476 g/mol. The summed E-state index contributed by atoms with van der Waals surface area (Å²) in [5.74, 6) is -5.88. The highest BCUT2D eigenvalue weighted by Gasteiger charge is 2.20. The fourth-order valence-corrected chi connectivity index (χ4v) is 3.57. The average Bonchev–Trinajstić information content (AvgIpc) is 2.90. The van der Waals surface area contributed by atoms with E-state index in [1.54, 1.807) is 31.2 Å². The van der Waals surface area contributed by atoms with Crippen molar-refractivity contribution in [1.82, 2.24) is 0 Å². The van der Waals surface area contributed by atoms with Gasteiger partial charge in [-0.15, -0.1) is 0 Å². The Kier molecular flexibility index (Phi) is 7.24. The number of hydrogen-bond donors (Lipinski definition) is 0. The predicted molar refractivity (Wildman–Crippen MR) is 126 cm³/mol. The Hall–Kier alpha value is -4.33. The highest BCUT2D eigenvalue weighted by molar-refractivity contribution is 5.91. The number of esters is 1. The van der Waals surface area contributed by atoms with E-state index in [2.05, 4.69) is 0 Å². The molecule has 0 unspecified atom stereocenters. The van der Waals surface area contributed by atoms with Crippen LogP contribution in [0.1, 0.15) is 17.3 Å². The van der Waals surface area contributed by atoms with Gasteiger partial charge in [-0.25, -0.2) is 13.6 Å². The van der Waals surface area contributed by atoms with Gasteiger partial charge in [0.05, 0.1) is 19.3 Å². The third-order valence-electron chi connectivity index (χ3n) is 5.43. The standard InChI is InChI=1S/C28H20F4O4/c1-3-35-22-14-12-20(24(29)26(22)31)16-4-6-18(7-5-16)28(33)36-23-15-13-21(25(30)27(23)32)17-8-10-19(34-2)11-9-17/h4-15H,3H2,1-2H3. The molecule has 0 bridgehead atoms. The van der Waals surface area contributed by atoms with Crippen LogP contribution in [0.5, 0.6) is 17.2 Å². The maximum absolute atomic E-state index is 14.7. The Morgan fingerprint density at radius 2 is 1.17 bits per heavy atom. The molecule has 4 aromatic rings. The molecule has 0 amide bonds. The molecule has 0 radical (unpaired) electrons. The molecule has 0 fully saturated rings. The number of carbonyl (C=O) groups excluding carboxylic acids is 1. The van der Waals surface area contributed by atoms with Crippen LogP contribution < -0.4 is 14.2 Å².